The highest BCUT2D eigenvalue weighted by Gasteiger charge is 2.68. The molecule has 1 amide bonds. The minimum absolute atomic E-state index is 0.0203. The Labute approximate surface area is 230 Å². The first-order valence-corrected chi connectivity index (χ1v) is 15.8. The van der Waals surface area contributed by atoms with Crippen molar-refractivity contribution >= 4 is 66.0 Å². The van der Waals surface area contributed by atoms with Crippen LogP contribution in [0.15, 0.2) is 26.9 Å². The average Bonchev–Trinajstić information content (AvgIpc) is 3.12. The summed E-state index contributed by atoms with van der Waals surface area (Å²) in [6.07, 6.45) is 3.50. The standard InChI is InChI=1S/C23H26ClN3O8S3/c1-10-9-11(2)17(12(3)15(10)22(29,30)23(31)21(34-23)37(5)6)27(20-16(24)13(4)26-35-20)19(28)18-14(7-8-36-18)38(25,32)33/h7-9,29-31H,1-6H3,(H2,25,32,33). The number of thiophene rings is 1. The fourth-order valence-corrected chi connectivity index (χ4v) is 7.50. The number of epoxide rings is 1. The number of ether oxygens (including phenoxy) is 1. The molecule has 15 heteroatoms. The summed E-state index contributed by atoms with van der Waals surface area (Å²) in [4.78, 5) is 14.4. The third-order valence-electron chi connectivity index (χ3n) is 6.13. The Kier molecular flexibility index (Phi) is 7.21. The van der Waals surface area contributed by atoms with E-state index in [0.717, 1.165) is 16.2 Å². The number of hydrogen-bond donors (Lipinski definition) is 4. The molecule has 3 aromatic rings. The highest BCUT2D eigenvalue weighted by Crippen LogP contribution is 2.50. The number of sulfonamides is 1. The van der Waals surface area contributed by atoms with Crippen LogP contribution in [0.1, 0.15) is 37.6 Å². The first-order valence-electron chi connectivity index (χ1n) is 10.9. The summed E-state index contributed by atoms with van der Waals surface area (Å²) < 4.78 is 35.1. The Bertz CT molecular complexity index is 1620. The molecule has 38 heavy (non-hydrogen) atoms. The monoisotopic (exact) mass is 603 g/mol. The van der Waals surface area contributed by atoms with E-state index in [-0.39, 0.29) is 43.3 Å². The Morgan fingerprint density at radius 2 is 1.87 bits per heavy atom. The zero-order valence-electron chi connectivity index (χ0n) is 21.2. The van der Waals surface area contributed by atoms with Gasteiger partial charge in [0, 0.05) is 5.56 Å². The third-order valence-corrected chi connectivity index (χ3v) is 9.65. The van der Waals surface area contributed by atoms with Gasteiger partial charge in [0.15, 0.2) is 0 Å². The van der Waals surface area contributed by atoms with Crippen LogP contribution in [0.5, 0.6) is 0 Å². The lowest BCUT2D eigenvalue weighted by molar-refractivity contribution is -0.276. The van der Waals surface area contributed by atoms with Gasteiger partial charge in [-0.25, -0.2) is 18.5 Å². The van der Waals surface area contributed by atoms with Crippen LogP contribution in [0.25, 0.3) is 0 Å². The van der Waals surface area contributed by atoms with Gasteiger partial charge in [0.25, 0.3) is 23.4 Å². The van der Waals surface area contributed by atoms with Crippen molar-refractivity contribution in [3.8, 4) is 0 Å². The van der Waals surface area contributed by atoms with Gasteiger partial charge < -0.3 is 19.8 Å². The second-order valence-corrected chi connectivity index (χ2v) is 13.9. The smallest absolute Gasteiger partial charge is 0.285 e. The fourth-order valence-electron chi connectivity index (χ4n) is 4.47. The lowest BCUT2D eigenvalue weighted by Crippen LogP contribution is -2.45. The zero-order chi connectivity index (χ0) is 28.5. The molecule has 11 nitrogen and oxygen atoms in total. The van der Waals surface area contributed by atoms with Gasteiger partial charge in [0.1, 0.15) is 25.5 Å². The number of primary sulfonamides is 1. The van der Waals surface area contributed by atoms with Crippen molar-refractivity contribution in [3.63, 3.8) is 0 Å². The molecule has 5 N–H and O–H groups in total. The molecular formula is C23H26ClN3O8S3. The van der Waals surface area contributed by atoms with Crippen molar-refractivity contribution in [2.75, 3.05) is 17.4 Å². The number of nitrogens with two attached hydrogens (primary N) is 1. The normalized spacial score (nSPS) is 17.8. The number of anilines is 2. The van der Waals surface area contributed by atoms with E-state index < -0.39 is 42.9 Å². The SMILES string of the molecule is Cc1cc(C)c(C(O)(O)C2(O)OC2=S(C)C)c(C)c1N(C(=O)c1sccc1S(N)(=O)=O)c1onc(C)c1Cl. The maximum absolute atomic E-state index is 14.0. The highest BCUT2D eigenvalue weighted by molar-refractivity contribution is 8.15. The Balaban J connectivity index is 2.02. The van der Waals surface area contributed by atoms with E-state index in [0.29, 0.717) is 11.1 Å². The largest absolute Gasteiger partial charge is 0.357 e. The van der Waals surface area contributed by atoms with Crippen LogP contribution in [0.3, 0.4) is 0 Å². The summed E-state index contributed by atoms with van der Waals surface area (Å²) in [5, 5.41) is 44.2. The lowest BCUT2D eigenvalue weighted by Gasteiger charge is -2.32. The van der Waals surface area contributed by atoms with Gasteiger partial charge in [0.2, 0.25) is 10.0 Å². The number of carbonyl (C=O) groups excluding carboxylic acids is 1. The topological polar surface area (TPSA) is 180 Å². The second-order valence-electron chi connectivity index (χ2n) is 9.07. The molecule has 1 fully saturated rings. The van der Waals surface area contributed by atoms with Gasteiger partial charge in [0.05, 0.1) is 5.69 Å². The molecule has 1 aliphatic heterocycles. The van der Waals surface area contributed by atoms with Gasteiger partial charge in [-0.05, 0) is 68.3 Å². The summed E-state index contributed by atoms with van der Waals surface area (Å²) in [5.74, 6) is -6.35. The summed E-state index contributed by atoms with van der Waals surface area (Å²) in [7, 11) is -4.86. The molecule has 1 aromatic carbocycles. The van der Waals surface area contributed by atoms with E-state index in [1.807, 2.05) is 0 Å². The Morgan fingerprint density at radius 3 is 2.37 bits per heavy atom. The van der Waals surface area contributed by atoms with Crippen LogP contribution in [-0.2, 0) is 20.5 Å². The van der Waals surface area contributed by atoms with Crippen molar-refractivity contribution < 1.29 is 37.8 Å². The number of hydrogen-bond acceptors (Lipinski definition) is 10. The number of aliphatic hydroxyl groups is 3. The third kappa shape index (κ3) is 4.43. The first kappa shape index (κ1) is 28.9. The maximum Gasteiger partial charge on any atom is 0.285 e. The second kappa shape index (κ2) is 9.50. The van der Waals surface area contributed by atoms with Crippen LogP contribution in [0, 0.1) is 27.7 Å². The summed E-state index contributed by atoms with van der Waals surface area (Å²) in [5.41, 5.74) is 1.27. The number of aromatic nitrogens is 1. The molecule has 0 bridgehead atoms. The van der Waals surface area contributed by atoms with Gasteiger partial charge in [-0.2, -0.15) is 10.5 Å². The van der Waals surface area contributed by atoms with Crippen LogP contribution in [0.4, 0.5) is 11.6 Å². The number of nitrogens with zero attached hydrogens (tertiary/aromatic N) is 2. The molecule has 1 saturated heterocycles. The Morgan fingerprint density at radius 1 is 1.24 bits per heavy atom. The minimum Gasteiger partial charge on any atom is -0.357 e. The number of halogens is 1. The van der Waals surface area contributed by atoms with E-state index in [1.165, 1.54) is 18.4 Å². The molecule has 206 valence electrons. The number of benzene rings is 1. The molecular weight excluding hydrogens is 578 g/mol. The molecule has 1 aliphatic rings. The van der Waals surface area contributed by atoms with Gasteiger partial charge in [-0.3, -0.25) is 9.53 Å². The van der Waals surface area contributed by atoms with E-state index in [9.17, 15) is 28.5 Å². The molecule has 4 rings (SSSR count). The van der Waals surface area contributed by atoms with Crippen molar-refractivity contribution in [2.45, 2.75) is 44.2 Å². The molecule has 0 aliphatic carbocycles. The van der Waals surface area contributed by atoms with Crippen LogP contribution >= 0.6 is 33.4 Å². The predicted molar refractivity (Wildman–Crippen MR) is 146 cm³/mol. The molecule has 2 aromatic heterocycles. The number of rotatable bonds is 6. The van der Waals surface area contributed by atoms with Crippen molar-refractivity contribution in [3.05, 3.63) is 55.4 Å². The number of carbonyl (C=O) groups is 1. The van der Waals surface area contributed by atoms with Crippen molar-refractivity contribution in [2.24, 2.45) is 5.14 Å². The average molecular weight is 604 g/mol. The maximum atomic E-state index is 14.0. The molecule has 0 saturated carbocycles. The van der Waals surface area contributed by atoms with Crippen LogP contribution in [0.2, 0.25) is 5.02 Å². The zero-order valence-corrected chi connectivity index (χ0v) is 24.4. The van der Waals surface area contributed by atoms with Crippen LogP contribution in [-0.4, -0.2) is 58.2 Å². The van der Waals surface area contributed by atoms with Gasteiger partial charge in [-0.1, -0.05) is 22.8 Å². The molecule has 1 atom stereocenters. The van der Waals surface area contributed by atoms with Crippen LogP contribution < -0.4 is 10.0 Å². The highest BCUT2D eigenvalue weighted by atomic mass is 35.5. The summed E-state index contributed by atoms with van der Waals surface area (Å²) in [6, 6.07) is 2.78. The molecule has 1 unspecified atom stereocenters. The van der Waals surface area contributed by atoms with Crippen molar-refractivity contribution in [1.82, 2.24) is 5.16 Å². The van der Waals surface area contributed by atoms with E-state index >= 15 is 0 Å². The van der Waals surface area contributed by atoms with Gasteiger partial charge in [-0.15, -0.1) is 11.3 Å². The van der Waals surface area contributed by atoms with Gasteiger partial charge >= 0.3 is 0 Å². The molecule has 0 radical (unpaired) electrons. The first-order chi connectivity index (χ1) is 17.4. The van der Waals surface area contributed by atoms with E-state index in [4.69, 9.17) is 26.0 Å². The quantitative estimate of drug-likeness (QED) is 0.187. The van der Waals surface area contributed by atoms with Crippen molar-refractivity contribution in [1.29, 1.82) is 0 Å². The fraction of sp³-hybridized carbons (Fsp3) is 0.348. The predicted octanol–water partition coefficient (Wildman–Crippen LogP) is 2.76. The molecule has 3 heterocycles. The summed E-state index contributed by atoms with van der Waals surface area (Å²) >= 11 is 7.28. The number of aryl methyl sites for hydroxylation is 3. The Hall–Kier alpha value is -2.14. The lowest BCUT2D eigenvalue weighted by atomic mass is 9.88. The minimum atomic E-state index is -4.27. The van der Waals surface area contributed by atoms with E-state index in [1.54, 1.807) is 39.3 Å². The summed E-state index contributed by atoms with van der Waals surface area (Å²) in [6.45, 7) is 6.34. The van der Waals surface area contributed by atoms with E-state index in [2.05, 4.69) is 5.16 Å². The number of amides is 1. The molecule has 0 spiro atoms.